The minimum absolute atomic E-state index is 0.125. The molecule has 0 fully saturated rings. The van der Waals surface area contributed by atoms with E-state index in [1.165, 1.54) is 11.0 Å². The highest BCUT2D eigenvalue weighted by molar-refractivity contribution is 9.10. The minimum Gasteiger partial charge on any atom is -0.480 e. The van der Waals surface area contributed by atoms with E-state index in [2.05, 4.69) is 21.2 Å². The highest BCUT2D eigenvalue weighted by Gasteiger charge is 2.14. The van der Waals surface area contributed by atoms with Gasteiger partial charge in [0.25, 0.3) is 0 Å². The van der Waals surface area contributed by atoms with E-state index in [4.69, 9.17) is 10.2 Å². The standard InChI is InChI=1S/C13H16BrFN2O4/c14-10-1-2-11(15)9(5-10)7-17(3-4-18)8-12(19)16-6-13(20)21/h1-2,5,18H,3-4,6-8H2,(H,16,19)(H,20,21). The predicted octanol–water partition coefficient (Wildman–Crippen LogP) is 0.583. The Labute approximate surface area is 129 Å². The number of benzene rings is 1. The molecule has 0 aliphatic carbocycles. The molecule has 6 nitrogen and oxygen atoms in total. The van der Waals surface area contributed by atoms with Crippen molar-refractivity contribution in [2.24, 2.45) is 0 Å². The average Bonchev–Trinajstić information content (AvgIpc) is 2.41. The van der Waals surface area contributed by atoms with Crippen molar-refractivity contribution in [3.05, 3.63) is 34.1 Å². The number of hydrogen-bond donors (Lipinski definition) is 3. The first-order valence-corrected chi connectivity index (χ1v) is 6.97. The van der Waals surface area contributed by atoms with Crippen LogP contribution < -0.4 is 5.32 Å². The van der Waals surface area contributed by atoms with Gasteiger partial charge in [-0.2, -0.15) is 0 Å². The smallest absolute Gasteiger partial charge is 0.322 e. The van der Waals surface area contributed by atoms with Gasteiger partial charge in [-0.15, -0.1) is 0 Å². The largest absolute Gasteiger partial charge is 0.480 e. The SMILES string of the molecule is O=C(O)CNC(=O)CN(CCO)Cc1cc(Br)ccc1F. The number of hydrogen-bond acceptors (Lipinski definition) is 4. The Balaban J connectivity index is 2.66. The first kappa shape index (κ1) is 17.5. The van der Waals surface area contributed by atoms with Gasteiger partial charge < -0.3 is 15.5 Å². The molecule has 3 N–H and O–H groups in total. The van der Waals surface area contributed by atoms with E-state index in [0.717, 1.165) is 0 Å². The number of rotatable bonds is 8. The van der Waals surface area contributed by atoms with Crippen molar-refractivity contribution in [1.82, 2.24) is 10.2 Å². The van der Waals surface area contributed by atoms with Crippen molar-refractivity contribution in [2.45, 2.75) is 6.54 Å². The lowest BCUT2D eigenvalue weighted by atomic mass is 10.2. The van der Waals surface area contributed by atoms with Gasteiger partial charge in [0.05, 0.1) is 13.2 Å². The third-order valence-electron chi connectivity index (χ3n) is 2.62. The zero-order chi connectivity index (χ0) is 15.8. The molecule has 1 aromatic carbocycles. The van der Waals surface area contributed by atoms with Crippen molar-refractivity contribution in [3.8, 4) is 0 Å². The Morgan fingerprint density at radius 2 is 2.10 bits per heavy atom. The molecule has 0 heterocycles. The maximum Gasteiger partial charge on any atom is 0.322 e. The Kier molecular flexibility index (Phi) is 7.27. The molecule has 0 aliphatic rings. The topological polar surface area (TPSA) is 89.9 Å². The van der Waals surface area contributed by atoms with Crippen LogP contribution in [0.15, 0.2) is 22.7 Å². The van der Waals surface area contributed by atoms with Gasteiger partial charge in [0.15, 0.2) is 0 Å². The van der Waals surface area contributed by atoms with E-state index >= 15 is 0 Å². The van der Waals surface area contributed by atoms with Crippen molar-refractivity contribution in [1.29, 1.82) is 0 Å². The monoisotopic (exact) mass is 362 g/mol. The van der Waals surface area contributed by atoms with E-state index in [-0.39, 0.29) is 26.2 Å². The fourth-order valence-electron chi connectivity index (χ4n) is 1.69. The van der Waals surface area contributed by atoms with Gasteiger partial charge >= 0.3 is 5.97 Å². The molecule has 0 aliphatic heterocycles. The minimum atomic E-state index is -1.14. The number of amides is 1. The number of nitrogens with one attached hydrogen (secondary N) is 1. The van der Waals surface area contributed by atoms with Crippen LogP contribution in [0.5, 0.6) is 0 Å². The summed E-state index contributed by atoms with van der Waals surface area (Å²) in [5, 5.41) is 19.7. The van der Waals surface area contributed by atoms with E-state index in [1.807, 2.05) is 0 Å². The Hall–Kier alpha value is -1.51. The summed E-state index contributed by atoms with van der Waals surface area (Å²) in [6.07, 6.45) is 0. The molecule has 1 rings (SSSR count). The molecule has 0 spiro atoms. The molecule has 0 unspecified atom stereocenters. The van der Waals surface area contributed by atoms with Crippen molar-refractivity contribution in [3.63, 3.8) is 0 Å². The molecule has 0 atom stereocenters. The van der Waals surface area contributed by atoms with Gasteiger partial charge in [-0.3, -0.25) is 14.5 Å². The summed E-state index contributed by atoms with van der Waals surface area (Å²) >= 11 is 3.24. The molecule has 0 saturated carbocycles. The van der Waals surface area contributed by atoms with Gasteiger partial charge in [0, 0.05) is 23.1 Å². The number of carbonyl (C=O) groups is 2. The van der Waals surface area contributed by atoms with Crippen LogP contribution in [0.2, 0.25) is 0 Å². The number of nitrogens with zero attached hydrogens (tertiary/aromatic N) is 1. The summed E-state index contributed by atoms with van der Waals surface area (Å²) in [5.74, 6) is -2.05. The predicted molar refractivity (Wildman–Crippen MR) is 77.1 cm³/mol. The lowest BCUT2D eigenvalue weighted by Gasteiger charge is -2.21. The molecule has 0 radical (unpaired) electrons. The second-order valence-corrected chi connectivity index (χ2v) is 5.26. The van der Waals surface area contributed by atoms with Gasteiger partial charge in [0.1, 0.15) is 12.4 Å². The Bertz CT molecular complexity index is 513. The number of carboxylic acid groups (broad SMARTS) is 1. The Morgan fingerprint density at radius 3 is 2.71 bits per heavy atom. The second-order valence-electron chi connectivity index (χ2n) is 4.34. The number of aliphatic hydroxyl groups excluding tert-OH is 1. The van der Waals surface area contributed by atoms with E-state index in [0.29, 0.717) is 10.0 Å². The molecule has 21 heavy (non-hydrogen) atoms. The summed E-state index contributed by atoms with van der Waals surface area (Å²) < 4.78 is 14.4. The summed E-state index contributed by atoms with van der Waals surface area (Å²) in [4.78, 5) is 23.5. The first-order valence-electron chi connectivity index (χ1n) is 6.18. The zero-order valence-corrected chi connectivity index (χ0v) is 12.8. The highest BCUT2D eigenvalue weighted by atomic mass is 79.9. The summed E-state index contributed by atoms with van der Waals surface area (Å²) in [6.45, 7) is -0.489. The molecule has 0 aromatic heterocycles. The summed E-state index contributed by atoms with van der Waals surface area (Å²) in [7, 11) is 0. The van der Waals surface area contributed by atoms with Gasteiger partial charge in [0.2, 0.25) is 5.91 Å². The van der Waals surface area contributed by atoms with E-state index in [9.17, 15) is 14.0 Å². The quantitative estimate of drug-likeness (QED) is 0.629. The third kappa shape index (κ3) is 6.65. The van der Waals surface area contributed by atoms with Crippen LogP contribution in [0.1, 0.15) is 5.56 Å². The lowest BCUT2D eigenvalue weighted by Crippen LogP contribution is -2.40. The van der Waals surface area contributed by atoms with Gasteiger partial charge in [-0.05, 0) is 18.2 Å². The Morgan fingerprint density at radius 1 is 1.38 bits per heavy atom. The fourth-order valence-corrected chi connectivity index (χ4v) is 2.10. The van der Waals surface area contributed by atoms with E-state index in [1.54, 1.807) is 12.1 Å². The molecule has 0 bridgehead atoms. The van der Waals surface area contributed by atoms with Crippen LogP contribution in [-0.4, -0.2) is 53.2 Å². The molecular formula is C13H16BrFN2O4. The second kappa shape index (κ2) is 8.71. The van der Waals surface area contributed by atoms with Gasteiger partial charge in [-0.1, -0.05) is 15.9 Å². The number of carboxylic acids is 1. The normalized spacial score (nSPS) is 10.7. The van der Waals surface area contributed by atoms with Crippen molar-refractivity contribution >= 4 is 27.8 Å². The van der Waals surface area contributed by atoms with Gasteiger partial charge in [-0.25, -0.2) is 4.39 Å². The average molecular weight is 363 g/mol. The molecule has 8 heteroatoms. The van der Waals surface area contributed by atoms with Crippen LogP contribution in [-0.2, 0) is 16.1 Å². The fraction of sp³-hybridized carbons (Fsp3) is 0.385. The molecular weight excluding hydrogens is 347 g/mol. The number of aliphatic hydroxyl groups is 1. The van der Waals surface area contributed by atoms with Crippen LogP contribution in [0.3, 0.4) is 0 Å². The van der Waals surface area contributed by atoms with Crippen LogP contribution in [0.4, 0.5) is 4.39 Å². The van der Waals surface area contributed by atoms with Crippen LogP contribution in [0, 0.1) is 5.82 Å². The van der Waals surface area contributed by atoms with Crippen molar-refractivity contribution < 1.29 is 24.2 Å². The number of aliphatic carboxylic acids is 1. The number of halogens is 2. The van der Waals surface area contributed by atoms with Crippen LogP contribution in [0.25, 0.3) is 0 Å². The molecule has 1 aromatic rings. The van der Waals surface area contributed by atoms with Crippen molar-refractivity contribution in [2.75, 3.05) is 26.2 Å². The molecule has 0 saturated heterocycles. The zero-order valence-electron chi connectivity index (χ0n) is 11.2. The summed E-state index contributed by atoms with van der Waals surface area (Å²) in [6, 6.07) is 4.46. The summed E-state index contributed by atoms with van der Waals surface area (Å²) in [5.41, 5.74) is 0.379. The highest BCUT2D eigenvalue weighted by Crippen LogP contribution is 2.17. The molecule has 1 amide bonds. The van der Waals surface area contributed by atoms with E-state index < -0.39 is 24.2 Å². The maximum absolute atomic E-state index is 13.7. The lowest BCUT2D eigenvalue weighted by molar-refractivity contribution is -0.138. The first-order chi connectivity index (χ1) is 9.92. The maximum atomic E-state index is 13.7. The molecule has 116 valence electrons. The number of carbonyl (C=O) groups excluding carboxylic acids is 1. The third-order valence-corrected chi connectivity index (χ3v) is 3.12. The van der Waals surface area contributed by atoms with Crippen LogP contribution >= 0.6 is 15.9 Å².